The van der Waals surface area contributed by atoms with Crippen LogP contribution in [0.25, 0.3) is 0 Å². The highest BCUT2D eigenvalue weighted by atomic mass is 31.2. The predicted molar refractivity (Wildman–Crippen MR) is 249 cm³/mol. The fourth-order valence-electron chi connectivity index (χ4n) is 7.92. The highest BCUT2D eigenvalue weighted by molar-refractivity contribution is 7.46. The molecule has 3 aromatic rings. The smallest absolute Gasteiger partial charge is 0.396 e. The van der Waals surface area contributed by atoms with Crippen LogP contribution in [0, 0.1) is 28.6 Å². The number of nitriles is 2. The van der Waals surface area contributed by atoms with Crippen molar-refractivity contribution in [3.63, 3.8) is 0 Å². The van der Waals surface area contributed by atoms with Crippen LogP contribution in [0.15, 0.2) is 54.1 Å². The van der Waals surface area contributed by atoms with Gasteiger partial charge in [-0.1, -0.05) is 37.2 Å². The number of carbonyl (C=O) groups is 6. The number of oxime groups is 1. The van der Waals surface area contributed by atoms with E-state index in [9.17, 15) is 58.7 Å². The Balaban J connectivity index is 1.47. The Labute approximate surface area is 404 Å². The van der Waals surface area contributed by atoms with E-state index in [0.29, 0.717) is 67.0 Å². The van der Waals surface area contributed by atoms with Gasteiger partial charge in [0.15, 0.2) is 0 Å². The van der Waals surface area contributed by atoms with Gasteiger partial charge in [-0.3, -0.25) is 33.3 Å². The summed E-state index contributed by atoms with van der Waals surface area (Å²) in [5.41, 5.74) is 8.15. The number of aromatic nitrogens is 3. The number of amides is 6. The van der Waals surface area contributed by atoms with E-state index in [1.54, 1.807) is 52.6 Å². The van der Waals surface area contributed by atoms with E-state index in [4.69, 9.17) is 10.6 Å². The summed E-state index contributed by atoms with van der Waals surface area (Å²) in [6.45, 7) is 5.99. The Kier molecular flexibility index (Phi) is 20.8. The second kappa shape index (κ2) is 26.1. The lowest BCUT2D eigenvalue weighted by Gasteiger charge is -2.28. The highest BCUT2D eigenvalue weighted by Crippen LogP contribution is 2.38. The van der Waals surface area contributed by atoms with Crippen molar-refractivity contribution in [3.05, 3.63) is 77.1 Å². The Morgan fingerprint density at radius 3 is 2.31 bits per heavy atom. The summed E-state index contributed by atoms with van der Waals surface area (Å²) in [4.78, 5) is 109. The van der Waals surface area contributed by atoms with Crippen LogP contribution < -0.4 is 27.0 Å². The second-order valence-electron chi connectivity index (χ2n) is 17.1. The molecule has 0 bridgehead atoms. The molecular formula is C45H61N12O12P. The molecule has 0 aliphatic carbocycles. The largest absolute Gasteiger partial charge is 0.469 e. The minimum Gasteiger partial charge on any atom is -0.396 e. The Bertz CT molecular complexity index is 2490. The normalized spacial score (nSPS) is 16.3. The van der Waals surface area contributed by atoms with E-state index in [2.05, 4.69) is 48.1 Å². The number of rotatable bonds is 26. The van der Waals surface area contributed by atoms with Gasteiger partial charge in [0, 0.05) is 51.1 Å². The van der Waals surface area contributed by atoms with Gasteiger partial charge < -0.3 is 60.8 Å². The molecule has 1 aliphatic rings. The predicted octanol–water partition coefficient (Wildman–Crippen LogP) is 0.0938. The van der Waals surface area contributed by atoms with E-state index in [1.807, 2.05) is 13.8 Å². The van der Waals surface area contributed by atoms with Crippen molar-refractivity contribution in [1.82, 2.24) is 40.3 Å². The number of carbonyl (C=O) groups excluding carboxylic acids is 6. The first-order valence-electron chi connectivity index (χ1n) is 22.5. The molecule has 1 unspecified atom stereocenters. The van der Waals surface area contributed by atoms with E-state index >= 15 is 0 Å². The highest BCUT2D eigenvalue weighted by Gasteiger charge is 2.37. The molecule has 1 aromatic carbocycles. The van der Waals surface area contributed by atoms with Gasteiger partial charge in [0.2, 0.25) is 35.4 Å². The number of hydrogen-bond acceptors (Lipinski definition) is 14. The standard InChI is InChI=1S/C45H61N12O12P/c1-27(2)19-35(52-45(64)39-13-10-17-57(39)29(4)59)42(61)51-36(43(62)53-37(25-58)44(63)54-40(41(48)60)28(3)69-70(65,66)67)20-32-23-49-26-56(32)16-8-9-18-68-50-24-31-14-15-38(55(31)5)34(22-47)33-12-7-6-11-30(33)21-46/h6-7,11-12,14-15,23-24,26-28,34-37,39-40,58H,8-10,13,16-20,25H2,1-5H3,(H2,48,60)(H,51,61)(H,52,64)(H,53,62)(H,54,63)(H2,65,66,67)/b50-24-/t28-,34?,35+,36+,37+,39+,40+/m1/s1. The van der Waals surface area contributed by atoms with Crippen molar-refractivity contribution in [2.75, 3.05) is 19.8 Å². The number of unbranched alkanes of at least 4 members (excludes halogenated alkanes) is 1. The summed E-state index contributed by atoms with van der Waals surface area (Å²) in [5.74, 6) is -5.82. The fourth-order valence-corrected chi connectivity index (χ4v) is 8.47. The monoisotopic (exact) mass is 992 g/mol. The van der Waals surface area contributed by atoms with Crippen molar-refractivity contribution < 1.29 is 57.6 Å². The number of benzene rings is 1. The topological polar surface area (TPSA) is 359 Å². The minimum absolute atomic E-state index is 0.128. The number of nitrogens with zero attached hydrogens (tertiary/aromatic N) is 7. The summed E-state index contributed by atoms with van der Waals surface area (Å²) in [6.07, 6.45) is 4.82. The minimum atomic E-state index is -5.15. The van der Waals surface area contributed by atoms with Crippen LogP contribution in [0.5, 0.6) is 0 Å². The third-order valence-corrected chi connectivity index (χ3v) is 12.1. The number of nitrogens with one attached hydrogen (secondary N) is 4. The molecular weight excluding hydrogens is 932 g/mol. The molecule has 1 fully saturated rings. The SMILES string of the molecule is CC(=O)N1CCC[C@H]1C(=O)N[C@@H](CC(C)C)C(=O)N[C@@H](Cc1cncn1CCCCO/N=C\c1ccc(C(C#N)c2ccccc2C#N)n1C)C(=O)N[C@@H](CO)C(=O)N[C@H](C(N)=O)[C@@H](C)OP(=O)(O)O. The fraction of sp³-hybridized carbons (Fsp3) is 0.511. The summed E-state index contributed by atoms with van der Waals surface area (Å²) < 4.78 is 19.5. The summed E-state index contributed by atoms with van der Waals surface area (Å²) in [6, 6.07) is 7.87. The van der Waals surface area contributed by atoms with Gasteiger partial charge >= 0.3 is 7.82 Å². The van der Waals surface area contributed by atoms with Crippen molar-refractivity contribution in [2.24, 2.45) is 23.9 Å². The second-order valence-corrected chi connectivity index (χ2v) is 18.3. The van der Waals surface area contributed by atoms with Gasteiger partial charge in [-0.05, 0) is 68.7 Å². The number of nitrogens with two attached hydrogens (primary N) is 1. The first kappa shape index (κ1) is 55.6. The molecule has 1 aliphatic heterocycles. The van der Waals surface area contributed by atoms with Crippen LogP contribution in [0.4, 0.5) is 0 Å². The average molecular weight is 993 g/mol. The Morgan fingerprint density at radius 2 is 1.67 bits per heavy atom. The number of aryl methyl sites for hydroxylation is 1. The number of phosphoric acid groups is 1. The van der Waals surface area contributed by atoms with E-state index < -0.39 is 86.2 Å². The molecule has 0 saturated carbocycles. The van der Waals surface area contributed by atoms with Gasteiger partial charge in [-0.15, -0.1) is 0 Å². The van der Waals surface area contributed by atoms with Gasteiger partial charge in [0.25, 0.3) is 0 Å². The van der Waals surface area contributed by atoms with Gasteiger partial charge in [0.1, 0.15) is 42.7 Å². The molecule has 1 saturated heterocycles. The lowest BCUT2D eigenvalue weighted by molar-refractivity contribution is -0.139. The molecule has 2 aromatic heterocycles. The third-order valence-electron chi connectivity index (χ3n) is 11.5. The number of primary amides is 1. The lowest BCUT2D eigenvalue weighted by atomic mass is 9.93. The molecule has 3 heterocycles. The van der Waals surface area contributed by atoms with Gasteiger partial charge in [0.05, 0.1) is 48.6 Å². The number of imidazole rings is 1. The Hall–Kier alpha value is -6.95. The zero-order valence-electron chi connectivity index (χ0n) is 39.6. The van der Waals surface area contributed by atoms with Gasteiger partial charge in [-0.2, -0.15) is 10.5 Å². The van der Waals surface area contributed by atoms with E-state index in [-0.39, 0.29) is 31.3 Å². The number of aliphatic hydroxyl groups excluding tert-OH is 1. The molecule has 378 valence electrons. The Morgan fingerprint density at radius 1 is 0.986 bits per heavy atom. The quantitative estimate of drug-likeness (QED) is 0.0229. The first-order chi connectivity index (χ1) is 33.2. The van der Waals surface area contributed by atoms with E-state index in [0.717, 1.165) is 6.92 Å². The summed E-state index contributed by atoms with van der Waals surface area (Å²) >= 11 is 0. The van der Waals surface area contributed by atoms with Crippen LogP contribution in [-0.4, -0.2) is 132 Å². The van der Waals surface area contributed by atoms with Crippen molar-refractivity contribution in [2.45, 2.75) is 115 Å². The molecule has 4 rings (SSSR count). The van der Waals surface area contributed by atoms with Crippen LogP contribution >= 0.6 is 7.82 Å². The molecule has 0 radical (unpaired) electrons. The number of aliphatic hydroxyl groups is 1. The van der Waals surface area contributed by atoms with Crippen LogP contribution in [0.3, 0.4) is 0 Å². The van der Waals surface area contributed by atoms with Crippen molar-refractivity contribution >= 4 is 49.5 Å². The third kappa shape index (κ3) is 15.8. The van der Waals surface area contributed by atoms with Crippen molar-refractivity contribution in [1.29, 1.82) is 10.5 Å². The van der Waals surface area contributed by atoms with Gasteiger partial charge in [-0.25, -0.2) is 9.55 Å². The molecule has 7 atom stereocenters. The average Bonchev–Trinajstić information content (AvgIpc) is 4.07. The molecule has 70 heavy (non-hydrogen) atoms. The first-order valence-corrected chi connectivity index (χ1v) is 24.0. The van der Waals surface area contributed by atoms with Crippen LogP contribution in [-0.2, 0) is 62.7 Å². The summed E-state index contributed by atoms with van der Waals surface area (Å²) in [7, 11) is -3.37. The zero-order valence-corrected chi connectivity index (χ0v) is 40.5. The number of phosphoric ester groups is 1. The molecule has 0 spiro atoms. The number of likely N-dealkylation sites (tertiary alicyclic amines) is 1. The zero-order chi connectivity index (χ0) is 51.7. The van der Waals surface area contributed by atoms with Crippen molar-refractivity contribution in [3.8, 4) is 12.1 Å². The lowest BCUT2D eigenvalue weighted by Crippen LogP contribution is -2.61. The number of hydrogen-bond donors (Lipinski definition) is 8. The maximum atomic E-state index is 14.1. The van der Waals surface area contributed by atoms with Crippen LogP contribution in [0.1, 0.15) is 93.9 Å². The maximum Gasteiger partial charge on any atom is 0.469 e. The molecule has 25 heteroatoms. The molecule has 24 nitrogen and oxygen atoms in total. The molecule has 6 amide bonds. The van der Waals surface area contributed by atoms with E-state index in [1.165, 1.54) is 30.6 Å². The molecule has 9 N–H and O–H groups in total. The van der Waals surface area contributed by atoms with Crippen LogP contribution in [0.2, 0.25) is 0 Å². The maximum absolute atomic E-state index is 14.1. The summed E-state index contributed by atoms with van der Waals surface area (Å²) in [5, 5.41) is 43.7.